The Labute approximate surface area is 176 Å². The lowest BCUT2D eigenvalue weighted by Gasteiger charge is -2.14. The molecular weight excluding hydrogens is 382 g/mol. The van der Waals surface area contributed by atoms with Gasteiger partial charge in [0, 0.05) is 17.2 Å². The largest absolute Gasteiger partial charge is 0.497 e. The number of hydrogen-bond acceptors (Lipinski definition) is 5. The van der Waals surface area contributed by atoms with Gasteiger partial charge in [0.25, 0.3) is 5.91 Å². The fourth-order valence-corrected chi connectivity index (χ4v) is 2.93. The number of amides is 1. The first-order chi connectivity index (χ1) is 14.5. The normalized spacial score (nSPS) is 10.3. The standard InChI is InChI=1S/C24H25NO5/c1-16-5-8-19(9-6-16)30-15-18-13-17(7-11-22(18)28-3)24(26)25-21-14-20(27-2)10-12-23(21)29-4/h5-14H,15H2,1-4H3,(H,25,26). The molecule has 3 aromatic rings. The van der Waals surface area contributed by atoms with Gasteiger partial charge in [0.05, 0.1) is 27.0 Å². The van der Waals surface area contributed by atoms with Crippen LogP contribution in [0.1, 0.15) is 21.5 Å². The number of ether oxygens (including phenoxy) is 4. The van der Waals surface area contributed by atoms with Gasteiger partial charge < -0.3 is 24.3 Å². The third-order valence-electron chi connectivity index (χ3n) is 4.61. The van der Waals surface area contributed by atoms with Crippen LogP contribution in [0.2, 0.25) is 0 Å². The Balaban J connectivity index is 1.79. The molecule has 0 radical (unpaired) electrons. The molecule has 1 amide bonds. The molecule has 3 rings (SSSR count). The van der Waals surface area contributed by atoms with Gasteiger partial charge in [-0.05, 0) is 49.4 Å². The highest BCUT2D eigenvalue weighted by Crippen LogP contribution is 2.30. The Kier molecular flexibility index (Phi) is 6.80. The van der Waals surface area contributed by atoms with Crippen LogP contribution in [0.25, 0.3) is 0 Å². The number of carbonyl (C=O) groups excluding carboxylic acids is 1. The molecular formula is C24H25NO5. The molecule has 30 heavy (non-hydrogen) atoms. The quantitative estimate of drug-likeness (QED) is 0.578. The van der Waals surface area contributed by atoms with E-state index >= 15 is 0 Å². The van der Waals surface area contributed by atoms with E-state index in [2.05, 4.69) is 5.32 Å². The van der Waals surface area contributed by atoms with E-state index in [0.29, 0.717) is 28.5 Å². The Morgan fingerprint density at radius 1 is 0.800 bits per heavy atom. The van der Waals surface area contributed by atoms with Crippen LogP contribution in [0.15, 0.2) is 60.7 Å². The molecule has 156 valence electrons. The first-order valence-electron chi connectivity index (χ1n) is 9.44. The molecule has 0 heterocycles. The second-order valence-electron chi connectivity index (χ2n) is 6.65. The molecule has 0 atom stereocenters. The Morgan fingerprint density at radius 2 is 1.47 bits per heavy atom. The maximum atomic E-state index is 12.9. The van der Waals surface area contributed by atoms with E-state index < -0.39 is 0 Å². The molecule has 0 bridgehead atoms. The molecule has 0 saturated heterocycles. The molecule has 1 N–H and O–H groups in total. The number of anilines is 1. The zero-order valence-corrected chi connectivity index (χ0v) is 17.5. The molecule has 0 saturated carbocycles. The number of rotatable bonds is 8. The number of nitrogens with one attached hydrogen (secondary N) is 1. The van der Waals surface area contributed by atoms with E-state index in [1.54, 1.807) is 57.7 Å². The molecule has 6 heteroatoms. The van der Waals surface area contributed by atoms with Crippen molar-refractivity contribution in [2.75, 3.05) is 26.6 Å². The van der Waals surface area contributed by atoms with Crippen molar-refractivity contribution in [3.63, 3.8) is 0 Å². The van der Waals surface area contributed by atoms with Crippen LogP contribution in [0.3, 0.4) is 0 Å². The van der Waals surface area contributed by atoms with Crippen LogP contribution in [0.5, 0.6) is 23.0 Å². The summed E-state index contributed by atoms with van der Waals surface area (Å²) < 4.78 is 21.8. The predicted molar refractivity (Wildman–Crippen MR) is 116 cm³/mol. The summed E-state index contributed by atoms with van der Waals surface area (Å²) in [5.74, 6) is 2.28. The topological polar surface area (TPSA) is 66.0 Å². The summed E-state index contributed by atoms with van der Waals surface area (Å²) in [6, 6.07) is 18.2. The van der Waals surface area contributed by atoms with Crippen LogP contribution in [0.4, 0.5) is 5.69 Å². The van der Waals surface area contributed by atoms with Crippen molar-refractivity contribution in [2.45, 2.75) is 13.5 Å². The van der Waals surface area contributed by atoms with Gasteiger partial charge in [-0.3, -0.25) is 4.79 Å². The molecule has 0 aliphatic carbocycles. The maximum Gasteiger partial charge on any atom is 0.255 e. The van der Waals surface area contributed by atoms with Crippen molar-refractivity contribution in [2.24, 2.45) is 0 Å². The average molecular weight is 407 g/mol. The minimum absolute atomic E-state index is 0.274. The molecule has 0 aliphatic rings. The Morgan fingerprint density at radius 3 is 2.13 bits per heavy atom. The van der Waals surface area contributed by atoms with Gasteiger partial charge in [-0.25, -0.2) is 0 Å². The molecule has 0 spiro atoms. The van der Waals surface area contributed by atoms with E-state index in [0.717, 1.165) is 16.9 Å². The van der Waals surface area contributed by atoms with Crippen LogP contribution in [-0.2, 0) is 6.61 Å². The minimum atomic E-state index is -0.277. The number of hydrogen-bond donors (Lipinski definition) is 1. The summed E-state index contributed by atoms with van der Waals surface area (Å²) in [5.41, 5.74) is 2.92. The van der Waals surface area contributed by atoms with E-state index in [9.17, 15) is 4.79 Å². The first-order valence-corrected chi connectivity index (χ1v) is 9.44. The van der Waals surface area contributed by atoms with Gasteiger partial charge in [0.2, 0.25) is 0 Å². The summed E-state index contributed by atoms with van der Waals surface area (Å²) in [7, 11) is 4.70. The molecule has 3 aromatic carbocycles. The molecule has 0 fully saturated rings. The monoisotopic (exact) mass is 407 g/mol. The maximum absolute atomic E-state index is 12.9. The van der Waals surface area contributed by atoms with E-state index in [1.165, 1.54) is 0 Å². The summed E-state index contributed by atoms with van der Waals surface area (Å²) in [6.45, 7) is 2.29. The van der Waals surface area contributed by atoms with Crippen molar-refractivity contribution in [3.05, 3.63) is 77.4 Å². The first kappa shape index (κ1) is 21.0. The number of methoxy groups -OCH3 is 3. The lowest BCUT2D eigenvalue weighted by molar-refractivity contribution is 0.102. The highest BCUT2D eigenvalue weighted by molar-refractivity contribution is 6.05. The van der Waals surface area contributed by atoms with Gasteiger partial charge >= 0.3 is 0 Å². The molecule has 0 aromatic heterocycles. The van der Waals surface area contributed by atoms with Crippen LogP contribution in [-0.4, -0.2) is 27.2 Å². The van der Waals surface area contributed by atoms with E-state index in [1.807, 2.05) is 31.2 Å². The summed E-state index contributed by atoms with van der Waals surface area (Å²) in [6.07, 6.45) is 0. The minimum Gasteiger partial charge on any atom is -0.497 e. The number of carbonyl (C=O) groups is 1. The van der Waals surface area contributed by atoms with Crippen LogP contribution >= 0.6 is 0 Å². The van der Waals surface area contributed by atoms with Gasteiger partial charge in [0.1, 0.15) is 29.6 Å². The zero-order chi connectivity index (χ0) is 21.5. The summed E-state index contributed by atoms with van der Waals surface area (Å²) >= 11 is 0. The fraction of sp³-hybridized carbons (Fsp3) is 0.208. The SMILES string of the molecule is COc1ccc(OC)c(NC(=O)c2ccc(OC)c(COc3ccc(C)cc3)c2)c1. The zero-order valence-electron chi connectivity index (χ0n) is 17.5. The Hall–Kier alpha value is -3.67. The number of aryl methyl sites for hydroxylation is 1. The van der Waals surface area contributed by atoms with Gasteiger partial charge in [-0.15, -0.1) is 0 Å². The Bertz CT molecular complexity index is 1010. The van der Waals surface area contributed by atoms with E-state index in [-0.39, 0.29) is 12.5 Å². The molecule has 6 nitrogen and oxygen atoms in total. The van der Waals surface area contributed by atoms with Crippen molar-refractivity contribution in [3.8, 4) is 23.0 Å². The van der Waals surface area contributed by atoms with Crippen molar-refractivity contribution in [1.29, 1.82) is 0 Å². The lowest BCUT2D eigenvalue weighted by atomic mass is 10.1. The fourth-order valence-electron chi connectivity index (χ4n) is 2.93. The second-order valence-corrected chi connectivity index (χ2v) is 6.65. The van der Waals surface area contributed by atoms with Crippen molar-refractivity contribution >= 4 is 11.6 Å². The summed E-state index contributed by atoms with van der Waals surface area (Å²) in [4.78, 5) is 12.9. The smallest absolute Gasteiger partial charge is 0.255 e. The van der Waals surface area contributed by atoms with Crippen molar-refractivity contribution < 1.29 is 23.7 Å². The van der Waals surface area contributed by atoms with Crippen molar-refractivity contribution in [1.82, 2.24) is 0 Å². The van der Waals surface area contributed by atoms with Crippen LogP contribution in [0, 0.1) is 6.92 Å². The molecule has 0 aliphatic heterocycles. The third-order valence-corrected chi connectivity index (χ3v) is 4.61. The summed E-state index contributed by atoms with van der Waals surface area (Å²) in [5, 5.41) is 2.87. The average Bonchev–Trinajstić information content (AvgIpc) is 2.78. The molecule has 0 unspecified atom stereocenters. The number of benzene rings is 3. The highest BCUT2D eigenvalue weighted by atomic mass is 16.5. The lowest BCUT2D eigenvalue weighted by Crippen LogP contribution is -2.13. The second kappa shape index (κ2) is 9.69. The van der Waals surface area contributed by atoms with Gasteiger partial charge in [0.15, 0.2) is 0 Å². The van der Waals surface area contributed by atoms with Crippen LogP contribution < -0.4 is 24.3 Å². The van der Waals surface area contributed by atoms with Gasteiger partial charge in [-0.1, -0.05) is 17.7 Å². The highest BCUT2D eigenvalue weighted by Gasteiger charge is 2.14. The predicted octanol–water partition coefficient (Wildman–Crippen LogP) is 4.85. The van der Waals surface area contributed by atoms with Gasteiger partial charge in [-0.2, -0.15) is 0 Å². The van der Waals surface area contributed by atoms with E-state index in [4.69, 9.17) is 18.9 Å². The third kappa shape index (κ3) is 5.03.